The van der Waals surface area contributed by atoms with Crippen LogP contribution in [0.4, 0.5) is 5.69 Å². The molecule has 0 bridgehead atoms. The highest BCUT2D eigenvalue weighted by atomic mass is 16.5. The molecule has 5 heteroatoms. The van der Waals surface area contributed by atoms with Crippen LogP contribution in [0.5, 0.6) is 0 Å². The van der Waals surface area contributed by atoms with E-state index in [-0.39, 0.29) is 18.1 Å². The number of aromatic nitrogens is 2. The quantitative estimate of drug-likeness (QED) is 0.820. The van der Waals surface area contributed by atoms with Crippen molar-refractivity contribution in [3.8, 4) is 0 Å². The molecule has 0 radical (unpaired) electrons. The van der Waals surface area contributed by atoms with Crippen molar-refractivity contribution in [1.29, 1.82) is 0 Å². The van der Waals surface area contributed by atoms with Gasteiger partial charge in [-0.05, 0) is 26.7 Å². The third-order valence-corrected chi connectivity index (χ3v) is 2.80. The molecule has 88 valence electrons. The number of anilines is 1. The molecule has 1 aromatic rings. The molecule has 1 saturated heterocycles. The molecule has 0 aromatic carbocycles. The fraction of sp³-hybridized carbons (Fsp3) is 0.636. The van der Waals surface area contributed by atoms with E-state index in [9.17, 15) is 4.79 Å². The second-order valence-electron chi connectivity index (χ2n) is 4.30. The van der Waals surface area contributed by atoms with Crippen LogP contribution in [0, 0.1) is 6.92 Å². The van der Waals surface area contributed by atoms with Crippen molar-refractivity contribution in [3.63, 3.8) is 0 Å². The molecule has 1 aromatic heterocycles. The van der Waals surface area contributed by atoms with Crippen LogP contribution in [-0.2, 0) is 16.6 Å². The SMILES string of the molecule is Cc1nn(C)cc1NC(=O)C1CCC(C)O1. The van der Waals surface area contributed by atoms with Crippen LogP contribution >= 0.6 is 0 Å². The van der Waals surface area contributed by atoms with Gasteiger partial charge >= 0.3 is 0 Å². The number of carbonyl (C=O) groups is 1. The van der Waals surface area contributed by atoms with Gasteiger partial charge in [-0.15, -0.1) is 0 Å². The number of nitrogens with one attached hydrogen (secondary N) is 1. The summed E-state index contributed by atoms with van der Waals surface area (Å²) in [5.74, 6) is -0.0690. The average Bonchev–Trinajstić information content (AvgIpc) is 2.74. The lowest BCUT2D eigenvalue weighted by atomic mass is 10.2. The lowest BCUT2D eigenvalue weighted by molar-refractivity contribution is -0.126. The Morgan fingerprint density at radius 2 is 2.38 bits per heavy atom. The maximum atomic E-state index is 11.8. The molecule has 0 spiro atoms. The zero-order valence-corrected chi connectivity index (χ0v) is 9.86. The number of nitrogens with zero attached hydrogens (tertiary/aromatic N) is 2. The summed E-state index contributed by atoms with van der Waals surface area (Å²) in [6, 6.07) is 0. The molecule has 16 heavy (non-hydrogen) atoms. The zero-order valence-electron chi connectivity index (χ0n) is 9.86. The van der Waals surface area contributed by atoms with Gasteiger partial charge in [-0.2, -0.15) is 5.10 Å². The molecule has 2 atom stereocenters. The number of hydrogen-bond donors (Lipinski definition) is 1. The summed E-state index contributed by atoms with van der Waals surface area (Å²) in [5.41, 5.74) is 1.58. The number of rotatable bonds is 2. The number of carbonyl (C=O) groups excluding carboxylic acids is 1. The lowest BCUT2D eigenvalue weighted by Gasteiger charge is -2.10. The van der Waals surface area contributed by atoms with Gasteiger partial charge in [0.15, 0.2) is 0 Å². The van der Waals surface area contributed by atoms with E-state index in [1.807, 2.05) is 20.9 Å². The van der Waals surface area contributed by atoms with Gasteiger partial charge in [0.2, 0.25) is 0 Å². The third kappa shape index (κ3) is 2.24. The molecule has 1 aliphatic rings. The third-order valence-electron chi connectivity index (χ3n) is 2.80. The highest BCUT2D eigenvalue weighted by Crippen LogP contribution is 2.21. The summed E-state index contributed by atoms with van der Waals surface area (Å²) in [4.78, 5) is 11.8. The van der Waals surface area contributed by atoms with E-state index in [0.29, 0.717) is 0 Å². The number of ether oxygens (including phenoxy) is 1. The van der Waals surface area contributed by atoms with Gasteiger partial charge in [0.25, 0.3) is 5.91 Å². The molecule has 2 heterocycles. The molecule has 0 saturated carbocycles. The summed E-state index contributed by atoms with van der Waals surface area (Å²) >= 11 is 0. The van der Waals surface area contributed by atoms with Crippen LogP contribution < -0.4 is 5.32 Å². The van der Waals surface area contributed by atoms with Crippen LogP contribution in [0.3, 0.4) is 0 Å². The lowest BCUT2D eigenvalue weighted by Crippen LogP contribution is -2.27. The molecule has 1 N–H and O–H groups in total. The van der Waals surface area contributed by atoms with Gasteiger partial charge in [0, 0.05) is 13.2 Å². The van der Waals surface area contributed by atoms with Gasteiger partial charge in [0.05, 0.1) is 17.5 Å². The van der Waals surface area contributed by atoms with Crippen molar-refractivity contribution in [2.45, 2.75) is 38.9 Å². The molecule has 1 fully saturated rings. The first-order valence-electron chi connectivity index (χ1n) is 5.53. The van der Waals surface area contributed by atoms with Crippen LogP contribution in [0.2, 0.25) is 0 Å². The maximum absolute atomic E-state index is 11.8. The second-order valence-corrected chi connectivity index (χ2v) is 4.30. The molecule has 2 unspecified atom stereocenters. The Kier molecular flexibility index (Phi) is 2.96. The summed E-state index contributed by atoms with van der Waals surface area (Å²) in [6.45, 7) is 3.86. The Bertz CT molecular complexity index is 400. The van der Waals surface area contributed by atoms with E-state index in [1.54, 1.807) is 10.9 Å². The number of amides is 1. The topological polar surface area (TPSA) is 56.2 Å². The Hall–Kier alpha value is -1.36. The Labute approximate surface area is 94.8 Å². The van der Waals surface area contributed by atoms with Crippen molar-refractivity contribution >= 4 is 11.6 Å². The minimum atomic E-state index is -0.311. The van der Waals surface area contributed by atoms with Crippen LogP contribution in [-0.4, -0.2) is 27.9 Å². The zero-order chi connectivity index (χ0) is 11.7. The fourth-order valence-corrected chi connectivity index (χ4v) is 1.93. The first kappa shape index (κ1) is 11.1. The summed E-state index contributed by atoms with van der Waals surface area (Å²) in [5, 5.41) is 7.01. The maximum Gasteiger partial charge on any atom is 0.253 e. The highest BCUT2D eigenvalue weighted by Gasteiger charge is 2.28. The number of hydrogen-bond acceptors (Lipinski definition) is 3. The van der Waals surface area contributed by atoms with Crippen LogP contribution in [0.15, 0.2) is 6.20 Å². The van der Waals surface area contributed by atoms with Gasteiger partial charge < -0.3 is 10.1 Å². The second kappa shape index (κ2) is 4.25. The Balaban J connectivity index is 1.99. The van der Waals surface area contributed by atoms with Crippen molar-refractivity contribution in [1.82, 2.24) is 9.78 Å². The molecule has 2 rings (SSSR count). The molecular weight excluding hydrogens is 206 g/mol. The first-order chi connectivity index (χ1) is 7.56. The van der Waals surface area contributed by atoms with E-state index in [4.69, 9.17) is 4.74 Å². The average molecular weight is 223 g/mol. The summed E-state index contributed by atoms with van der Waals surface area (Å²) in [7, 11) is 1.83. The predicted molar refractivity (Wildman–Crippen MR) is 60.1 cm³/mol. The fourth-order valence-electron chi connectivity index (χ4n) is 1.93. The summed E-state index contributed by atoms with van der Waals surface area (Å²) < 4.78 is 7.19. The van der Waals surface area contributed by atoms with Gasteiger partial charge in [-0.25, -0.2) is 0 Å². The van der Waals surface area contributed by atoms with Crippen molar-refractivity contribution in [2.75, 3.05) is 5.32 Å². The van der Waals surface area contributed by atoms with Crippen molar-refractivity contribution in [2.24, 2.45) is 7.05 Å². The van der Waals surface area contributed by atoms with Gasteiger partial charge in [0.1, 0.15) is 6.10 Å². The largest absolute Gasteiger partial charge is 0.365 e. The monoisotopic (exact) mass is 223 g/mol. The normalized spacial score (nSPS) is 24.7. The van der Waals surface area contributed by atoms with Crippen molar-refractivity contribution in [3.05, 3.63) is 11.9 Å². The predicted octanol–water partition coefficient (Wildman–Crippen LogP) is 1.23. The molecule has 1 amide bonds. The first-order valence-corrected chi connectivity index (χ1v) is 5.53. The highest BCUT2D eigenvalue weighted by molar-refractivity contribution is 5.94. The van der Waals surface area contributed by atoms with E-state index < -0.39 is 0 Å². The minimum absolute atomic E-state index is 0.0690. The Morgan fingerprint density at radius 3 is 2.88 bits per heavy atom. The standard InChI is InChI=1S/C11H17N3O2/c1-7-4-5-10(16-7)11(15)12-9-6-14(3)13-8(9)2/h6-7,10H,4-5H2,1-3H3,(H,12,15). The number of aryl methyl sites for hydroxylation is 2. The van der Waals surface area contributed by atoms with Crippen LogP contribution in [0.25, 0.3) is 0 Å². The molecule has 1 aliphatic heterocycles. The van der Waals surface area contributed by atoms with E-state index in [1.165, 1.54) is 0 Å². The van der Waals surface area contributed by atoms with Crippen LogP contribution in [0.1, 0.15) is 25.5 Å². The molecular formula is C11H17N3O2. The van der Waals surface area contributed by atoms with E-state index in [2.05, 4.69) is 10.4 Å². The smallest absolute Gasteiger partial charge is 0.253 e. The van der Waals surface area contributed by atoms with E-state index >= 15 is 0 Å². The Morgan fingerprint density at radius 1 is 1.62 bits per heavy atom. The molecule has 0 aliphatic carbocycles. The molecule has 5 nitrogen and oxygen atoms in total. The van der Waals surface area contributed by atoms with Crippen molar-refractivity contribution < 1.29 is 9.53 Å². The van der Waals surface area contributed by atoms with Gasteiger partial charge in [-0.3, -0.25) is 9.48 Å². The summed E-state index contributed by atoms with van der Waals surface area (Å²) in [6.07, 6.45) is 3.42. The minimum Gasteiger partial charge on any atom is -0.365 e. The van der Waals surface area contributed by atoms with E-state index in [0.717, 1.165) is 24.2 Å². The van der Waals surface area contributed by atoms with Gasteiger partial charge in [-0.1, -0.05) is 0 Å².